The van der Waals surface area contributed by atoms with Crippen LogP contribution in [0.25, 0.3) is 0 Å². The molecule has 5 aromatic rings. The normalized spacial score (nSPS) is 18.4. The van der Waals surface area contributed by atoms with Crippen LogP contribution in [0.15, 0.2) is 113 Å². The molecule has 0 bridgehead atoms. The van der Waals surface area contributed by atoms with Gasteiger partial charge in [-0.25, -0.2) is 4.79 Å². The zero-order chi connectivity index (χ0) is 34.5. The van der Waals surface area contributed by atoms with E-state index in [2.05, 4.69) is 10.3 Å². The number of benzene rings is 3. The van der Waals surface area contributed by atoms with Crippen LogP contribution in [0.5, 0.6) is 11.5 Å². The Morgan fingerprint density at radius 1 is 0.959 bits per heavy atom. The summed E-state index contributed by atoms with van der Waals surface area (Å²) in [6.45, 7) is 0. The number of aromatic nitrogens is 2. The molecule has 1 fully saturated rings. The maximum Gasteiger partial charge on any atom is 0.695 e. The van der Waals surface area contributed by atoms with Crippen molar-refractivity contribution in [2.75, 3.05) is 19.5 Å². The Hall–Kier alpha value is -4.75. The molecule has 6 rings (SSSR count). The van der Waals surface area contributed by atoms with Crippen molar-refractivity contribution in [1.82, 2.24) is 9.55 Å². The zero-order valence-corrected chi connectivity index (χ0v) is 28.1. The molecule has 0 spiro atoms. The molecule has 12 nitrogen and oxygen atoms in total. The molecule has 1 aliphatic heterocycles. The van der Waals surface area contributed by atoms with E-state index in [-0.39, 0.29) is 12.2 Å². The number of rotatable bonds is 12. The Labute approximate surface area is 286 Å². The number of methoxy groups -OCH3 is 2. The summed E-state index contributed by atoms with van der Waals surface area (Å²) < 4.78 is 36.1. The number of aliphatic hydroxyl groups is 1. The van der Waals surface area contributed by atoms with E-state index in [9.17, 15) is 24.2 Å². The highest BCUT2D eigenvalue weighted by Gasteiger charge is 2.55. The number of anilines is 1. The van der Waals surface area contributed by atoms with Gasteiger partial charge in [-0.1, -0.05) is 60.7 Å². The minimum absolute atomic E-state index is 0.0441. The van der Waals surface area contributed by atoms with Crippen LogP contribution in [0, 0.1) is 0 Å². The molecule has 3 N–H and O–H groups in total. The van der Waals surface area contributed by atoms with E-state index in [0.29, 0.717) is 33.1 Å². The standard InChI is InChI=1S/C35H32N3O9PS/c1-44-25-14-10-23(11-15-25)35(22-7-4-3-5-8-22,24-12-16-26(45-2)17-13-24)32(39)31-27(47-48(42)43)21-30(46-31)38-19-18-29(37-34(38)41)36-33(40)28-9-6-20-49-28/h3-20,27,30-32,39H,21H2,1-2H3,(H-,36,37,40,41,42,43)/p+1/t27-,30+,31-,32?/m0/s1. The monoisotopic (exact) mass is 702 g/mol. The van der Waals surface area contributed by atoms with Crippen molar-refractivity contribution in [3.8, 4) is 11.5 Å². The van der Waals surface area contributed by atoms with E-state index in [1.165, 1.54) is 28.2 Å². The number of hydrogen-bond donors (Lipinski definition) is 3. The van der Waals surface area contributed by atoms with E-state index in [1.54, 1.807) is 56.0 Å². The van der Waals surface area contributed by atoms with E-state index >= 15 is 0 Å². The molecule has 3 aromatic carbocycles. The third-order valence-corrected chi connectivity index (χ3v) is 9.86. The Kier molecular flexibility index (Phi) is 10.3. The van der Waals surface area contributed by atoms with Gasteiger partial charge in [0, 0.05) is 17.2 Å². The Morgan fingerprint density at radius 3 is 2.10 bits per heavy atom. The Balaban J connectivity index is 1.43. The van der Waals surface area contributed by atoms with Gasteiger partial charge in [0.25, 0.3) is 5.91 Å². The number of carbonyl (C=O) groups is 1. The molecule has 5 atom stereocenters. The highest BCUT2D eigenvalue weighted by molar-refractivity contribution is 7.32. The average Bonchev–Trinajstić information content (AvgIpc) is 3.81. The second-order valence-electron chi connectivity index (χ2n) is 11.2. The molecule has 2 aromatic heterocycles. The van der Waals surface area contributed by atoms with Crippen molar-refractivity contribution in [2.45, 2.75) is 36.4 Å². The number of nitrogens with zero attached hydrogens (tertiary/aromatic N) is 2. The molecule has 252 valence electrons. The van der Waals surface area contributed by atoms with Crippen LogP contribution in [0.1, 0.15) is 39.0 Å². The summed E-state index contributed by atoms with van der Waals surface area (Å²) in [5.41, 5.74) is -0.0408. The summed E-state index contributed by atoms with van der Waals surface area (Å²) >= 11 is 1.25. The molecular weight excluding hydrogens is 669 g/mol. The number of ether oxygens (including phenoxy) is 3. The molecule has 14 heteroatoms. The van der Waals surface area contributed by atoms with Gasteiger partial charge in [0.2, 0.25) is 0 Å². The van der Waals surface area contributed by atoms with Crippen molar-refractivity contribution in [3.05, 3.63) is 141 Å². The first-order valence-corrected chi connectivity index (χ1v) is 17.2. The molecule has 2 unspecified atom stereocenters. The van der Waals surface area contributed by atoms with Crippen molar-refractivity contribution in [3.63, 3.8) is 0 Å². The lowest BCUT2D eigenvalue weighted by Gasteiger charge is -2.42. The number of hydrogen-bond acceptors (Lipinski definition) is 10. The SMILES string of the molecule is COc1ccc(C(c2ccccc2)(c2ccc(OC)cc2)C(O)[C@H]2O[C@@H](n3ccc(NC(=O)c4cccs4)nc3=O)C[C@@H]2O[P+](=O)O)cc1. The number of amides is 1. The highest BCUT2D eigenvalue weighted by Crippen LogP contribution is 2.48. The first-order chi connectivity index (χ1) is 23.7. The summed E-state index contributed by atoms with van der Waals surface area (Å²) in [6.07, 6.45) is -3.51. The third-order valence-electron chi connectivity index (χ3n) is 8.54. The van der Waals surface area contributed by atoms with Gasteiger partial charge in [-0.15, -0.1) is 20.8 Å². The van der Waals surface area contributed by atoms with Crippen molar-refractivity contribution >= 4 is 31.3 Å². The first kappa shape index (κ1) is 34.1. The fraction of sp³-hybridized carbons (Fsp3) is 0.229. The predicted molar refractivity (Wildman–Crippen MR) is 182 cm³/mol. The van der Waals surface area contributed by atoms with Gasteiger partial charge in [0.1, 0.15) is 41.9 Å². The van der Waals surface area contributed by atoms with Gasteiger partial charge < -0.3 is 24.6 Å². The zero-order valence-electron chi connectivity index (χ0n) is 26.4. The lowest BCUT2D eigenvalue weighted by atomic mass is 9.64. The Morgan fingerprint density at radius 2 is 1.57 bits per heavy atom. The van der Waals surface area contributed by atoms with Gasteiger partial charge in [-0.3, -0.25) is 9.36 Å². The second kappa shape index (κ2) is 14.8. The lowest BCUT2D eigenvalue weighted by molar-refractivity contribution is -0.0942. The van der Waals surface area contributed by atoms with Crippen LogP contribution in [-0.4, -0.2) is 58.0 Å². The minimum Gasteiger partial charge on any atom is -0.497 e. The van der Waals surface area contributed by atoms with Gasteiger partial charge in [-0.05, 0) is 58.5 Å². The van der Waals surface area contributed by atoms with Gasteiger partial charge in [-0.2, -0.15) is 4.98 Å². The van der Waals surface area contributed by atoms with Crippen molar-refractivity contribution in [1.29, 1.82) is 0 Å². The van der Waals surface area contributed by atoms with Crippen LogP contribution in [-0.2, 0) is 19.2 Å². The average molecular weight is 703 g/mol. The molecule has 1 amide bonds. The van der Waals surface area contributed by atoms with E-state index in [4.69, 9.17) is 18.7 Å². The molecule has 0 radical (unpaired) electrons. The highest BCUT2D eigenvalue weighted by atomic mass is 32.1. The van der Waals surface area contributed by atoms with E-state index in [0.717, 1.165) is 0 Å². The second-order valence-corrected chi connectivity index (χ2v) is 12.8. The number of aliphatic hydroxyl groups excluding tert-OH is 1. The molecule has 49 heavy (non-hydrogen) atoms. The molecule has 3 heterocycles. The fourth-order valence-corrected chi connectivity index (χ4v) is 7.34. The number of carbonyl (C=O) groups excluding carboxylic acids is 1. The lowest BCUT2D eigenvalue weighted by Crippen LogP contribution is -2.51. The van der Waals surface area contributed by atoms with Gasteiger partial charge >= 0.3 is 13.9 Å². The minimum atomic E-state index is -3.13. The van der Waals surface area contributed by atoms with Crippen LogP contribution >= 0.6 is 19.6 Å². The summed E-state index contributed by atoms with van der Waals surface area (Å²) in [5.74, 6) is 0.844. The first-order valence-electron chi connectivity index (χ1n) is 15.2. The van der Waals surface area contributed by atoms with Crippen LogP contribution in [0.4, 0.5) is 5.82 Å². The number of nitrogens with one attached hydrogen (secondary N) is 1. The van der Waals surface area contributed by atoms with Crippen LogP contribution in [0.2, 0.25) is 0 Å². The van der Waals surface area contributed by atoms with E-state index < -0.39 is 49.8 Å². The van der Waals surface area contributed by atoms with E-state index in [1.807, 2.05) is 54.6 Å². The third kappa shape index (κ3) is 6.90. The topological polar surface area (TPSA) is 158 Å². The maximum atomic E-state index is 13.3. The summed E-state index contributed by atoms with van der Waals surface area (Å²) in [7, 11) is -0.00964. The Bertz CT molecular complexity index is 1910. The molecule has 1 aliphatic rings. The molecule has 0 aliphatic carbocycles. The van der Waals surface area contributed by atoms with Crippen LogP contribution in [0.3, 0.4) is 0 Å². The maximum absolute atomic E-state index is 13.3. The van der Waals surface area contributed by atoms with Gasteiger partial charge in [0.05, 0.1) is 24.5 Å². The predicted octanol–water partition coefficient (Wildman–Crippen LogP) is 5.29. The van der Waals surface area contributed by atoms with Gasteiger partial charge in [0.15, 0.2) is 0 Å². The smallest absolute Gasteiger partial charge is 0.497 e. The van der Waals surface area contributed by atoms with Crippen LogP contribution < -0.4 is 20.5 Å². The fourth-order valence-electron chi connectivity index (χ4n) is 6.29. The van der Waals surface area contributed by atoms with Crippen molar-refractivity contribution < 1.29 is 38.1 Å². The quantitative estimate of drug-likeness (QED) is 0.115. The number of thiophene rings is 1. The van der Waals surface area contributed by atoms with Crippen molar-refractivity contribution in [2.24, 2.45) is 0 Å². The molecule has 1 saturated heterocycles. The summed E-state index contributed by atoms with van der Waals surface area (Å²) in [5, 5.41) is 17.1. The summed E-state index contributed by atoms with van der Waals surface area (Å²) in [4.78, 5) is 40.2. The molecular formula is C35H33N3O9PS+. The molecule has 0 saturated carbocycles. The summed E-state index contributed by atoms with van der Waals surface area (Å²) in [6, 6.07) is 28.6. The largest absolute Gasteiger partial charge is 0.695 e.